The van der Waals surface area contributed by atoms with Gasteiger partial charge >= 0.3 is 0 Å². The summed E-state index contributed by atoms with van der Waals surface area (Å²) in [6, 6.07) is 19.6. The van der Waals surface area contributed by atoms with Gasteiger partial charge in [-0.15, -0.1) is 11.3 Å². The van der Waals surface area contributed by atoms with Crippen LogP contribution in [0.4, 0.5) is 0 Å². The lowest BCUT2D eigenvalue weighted by molar-refractivity contribution is 0.0527. The summed E-state index contributed by atoms with van der Waals surface area (Å²) in [6.07, 6.45) is 0. The smallest absolute Gasteiger partial charge is 0.261 e. The van der Waals surface area contributed by atoms with Gasteiger partial charge in [-0.3, -0.25) is 4.79 Å². The van der Waals surface area contributed by atoms with Crippen molar-refractivity contribution in [2.24, 2.45) is 0 Å². The molecule has 1 heterocycles. The van der Waals surface area contributed by atoms with Crippen molar-refractivity contribution >= 4 is 33.2 Å². The molecular weight excluding hydrogens is 398 g/mol. The van der Waals surface area contributed by atoms with Gasteiger partial charge in [0.1, 0.15) is 5.60 Å². The lowest BCUT2D eigenvalue weighted by Crippen LogP contribution is -2.38. The van der Waals surface area contributed by atoms with Crippen LogP contribution in [-0.4, -0.2) is 17.6 Å². The van der Waals surface area contributed by atoms with Gasteiger partial charge in [0, 0.05) is 9.85 Å². The standard InChI is InChI=1S/C20H18BrNO2S/c1-20(24,13-22-19(23)18-11-17(21)12-25-18)16-9-7-15(8-10-16)14-5-3-2-4-6-14/h2-12,24H,13H2,1H3,(H,22,23)/t20-/m1/s1. The first-order valence-corrected chi connectivity index (χ1v) is 9.53. The van der Waals surface area contributed by atoms with E-state index in [1.807, 2.05) is 60.0 Å². The molecule has 0 radical (unpaired) electrons. The van der Waals surface area contributed by atoms with Crippen LogP contribution in [0.25, 0.3) is 11.1 Å². The second-order valence-electron chi connectivity index (χ2n) is 6.03. The largest absolute Gasteiger partial charge is 0.384 e. The summed E-state index contributed by atoms with van der Waals surface area (Å²) < 4.78 is 0.880. The molecule has 25 heavy (non-hydrogen) atoms. The summed E-state index contributed by atoms with van der Waals surface area (Å²) >= 11 is 4.70. The zero-order chi connectivity index (χ0) is 17.9. The Morgan fingerprint density at radius 2 is 1.76 bits per heavy atom. The van der Waals surface area contributed by atoms with Crippen LogP contribution in [0, 0.1) is 0 Å². The van der Waals surface area contributed by atoms with E-state index < -0.39 is 5.60 Å². The van der Waals surface area contributed by atoms with Crippen molar-refractivity contribution in [1.82, 2.24) is 5.32 Å². The van der Waals surface area contributed by atoms with Crippen LogP contribution in [0.15, 0.2) is 70.5 Å². The summed E-state index contributed by atoms with van der Waals surface area (Å²) in [5, 5.41) is 15.4. The minimum absolute atomic E-state index is 0.145. The quantitative estimate of drug-likeness (QED) is 0.627. The van der Waals surface area contributed by atoms with Gasteiger partial charge in [-0.05, 0) is 45.6 Å². The van der Waals surface area contributed by atoms with Crippen molar-refractivity contribution in [3.63, 3.8) is 0 Å². The number of nitrogens with one attached hydrogen (secondary N) is 1. The maximum absolute atomic E-state index is 12.1. The van der Waals surface area contributed by atoms with Gasteiger partial charge in [0.05, 0.1) is 11.4 Å². The van der Waals surface area contributed by atoms with E-state index in [9.17, 15) is 9.90 Å². The predicted molar refractivity (Wildman–Crippen MR) is 106 cm³/mol. The number of aliphatic hydroxyl groups is 1. The van der Waals surface area contributed by atoms with E-state index in [0.29, 0.717) is 4.88 Å². The van der Waals surface area contributed by atoms with E-state index >= 15 is 0 Å². The Bertz CT molecular complexity index is 857. The summed E-state index contributed by atoms with van der Waals surface area (Å²) in [4.78, 5) is 12.8. The second kappa shape index (κ2) is 7.52. The normalized spacial score (nSPS) is 13.2. The number of thiophene rings is 1. The van der Waals surface area contributed by atoms with E-state index in [1.54, 1.807) is 13.0 Å². The van der Waals surface area contributed by atoms with Crippen molar-refractivity contribution in [2.45, 2.75) is 12.5 Å². The highest BCUT2D eigenvalue weighted by molar-refractivity contribution is 9.10. The molecule has 5 heteroatoms. The van der Waals surface area contributed by atoms with Gasteiger partial charge < -0.3 is 10.4 Å². The molecule has 1 amide bonds. The van der Waals surface area contributed by atoms with Crippen LogP contribution < -0.4 is 5.32 Å². The van der Waals surface area contributed by atoms with E-state index in [4.69, 9.17) is 0 Å². The van der Waals surface area contributed by atoms with E-state index in [2.05, 4.69) is 21.2 Å². The molecule has 1 aromatic heterocycles. The summed E-state index contributed by atoms with van der Waals surface area (Å²) in [5.41, 5.74) is 1.84. The average Bonchev–Trinajstić information content (AvgIpc) is 3.07. The third-order valence-corrected chi connectivity index (χ3v) is 5.69. The first kappa shape index (κ1) is 17.9. The number of carbonyl (C=O) groups is 1. The molecule has 0 saturated heterocycles. The zero-order valence-electron chi connectivity index (χ0n) is 13.7. The fourth-order valence-corrected chi connectivity index (χ4v) is 3.87. The van der Waals surface area contributed by atoms with E-state index in [1.165, 1.54) is 11.3 Å². The molecule has 0 aliphatic heterocycles. The zero-order valence-corrected chi connectivity index (χ0v) is 16.1. The number of amides is 1. The van der Waals surface area contributed by atoms with E-state index in [0.717, 1.165) is 21.2 Å². The molecule has 0 bridgehead atoms. The van der Waals surface area contributed by atoms with Crippen LogP contribution in [-0.2, 0) is 5.60 Å². The van der Waals surface area contributed by atoms with Crippen molar-refractivity contribution in [3.05, 3.63) is 81.0 Å². The number of rotatable bonds is 5. The monoisotopic (exact) mass is 415 g/mol. The first-order valence-electron chi connectivity index (χ1n) is 7.86. The first-order chi connectivity index (χ1) is 12.0. The molecule has 0 aliphatic carbocycles. The van der Waals surface area contributed by atoms with Crippen LogP contribution in [0.5, 0.6) is 0 Å². The van der Waals surface area contributed by atoms with Crippen molar-refractivity contribution in [3.8, 4) is 11.1 Å². The molecule has 0 saturated carbocycles. The van der Waals surface area contributed by atoms with Gasteiger partial charge in [0.25, 0.3) is 5.91 Å². The van der Waals surface area contributed by atoms with Crippen LogP contribution in [0.1, 0.15) is 22.2 Å². The van der Waals surface area contributed by atoms with Gasteiger partial charge in [0.2, 0.25) is 0 Å². The Morgan fingerprint density at radius 3 is 2.36 bits per heavy atom. The molecule has 3 rings (SSSR count). The third-order valence-electron chi connectivity index (χ3n) is 4.00. The highest BCUT2D eigenvalue weighted by atomic mass is 79.9. The maximum atomic E-state index is 12.1. The Balaban J connectivity index is 1.68. The number of benzene rings is 2. The van der Waals surface area contributed by atoms with Gasteiger partial charge in [0.15, 0.2) is 0 Å². The number of halogens is 1. The lowest BCUT2D eigenvalue weighted by Gasteiger charge is -2.24. The fraction of sp³-hybridized carbons (Fsp3) is 0.150. The van der Waals surface area contributed by atoms with Gasteiger partial charge in [-0.25, -0.2) is 0 Å². The second-order valence-corrected chi connectivity index (χ2v) is 7.86. The number of hydrogen-bond acceptors (Lipinski definition) is 3. The number of hydrogen-bond donors (Lipinski definition) is 2. The van der Waals surface area contributed by atoms with E-state index in [-0.39, 0.29) is 12.5 Å². The highest BCUT2D eigenvalue weighted by Gasteiger charge is 2.24. The predicted octanol–water partition coefficient (Wildman–Crippen LogP) is 4.82. The maximum Gasteiger partial charge on any atom is 0.261 e. The Morgan fingerprint density at radius 1 is 1.12 bits per heavy atom. The minimum atomic E-state index is -1.14. The Labute approximate surface area is 159 Å². The number of carbonyl (C=O) groups excluding carboxylic acids is 1. The molecule has 2 aromatic carbocycles. The highest BCUT2D eigenvalue weighted by Crippen LogP contribution is 2.25. The fourth-order valence-electron chi connectivity index (χ4n) is 2.53. The third kappa shape index (κ3) is 4.37. The molecule has 3 nitrogen and oxygen atoms in total. The molecule has 0 aliphatic rings. The molecule has 0 unspecified atom stereocenters. The van der Waals surface area contributed by atoms with Gasteiger partial charge in [-0.1, -0.05) is 54.6 Å². The molecule has 1 atom stereocenters. The molecule has 0 fully saturated rings. The topological polar surface area (TPSA) is 49.3 Å². The minimum Gasteiger partial charge on any atom is -0.384 e. The summed E-state index contributed by atoms with van der Waals surface area (Å²) in [5.74, 6) is -0.183. The van der Waals surface area contributed by atoms with Crippen LogP contribution in [0.2, 0.25) is 0 Å². The SMILES string of the molecule is C[C@@](O)(CNC(=O)c1cc(Br)cs1)c1ccc(-c2ccccc2)cc1. The lowest BCUT2D eigenvalue weighted by atomic mass is 9.93. The van der Waals surface area contributed by atoms with Crippen molar-refractivity contribution < 1.29 is 9.90 Å². The molecule has 3 aromatic rings. The Hall–Kier alpha value is -1.95. The van der Waals surface area contributed by atoms with Gasteiger partial charge in [-0.2, -0.15) is 0 Å². The molecule has 0 spiro atoms. The molecule has 128 valence electrons. The van der Waals surface area contributed by atoms with Crippen LogP contribution >= 0.6 is 27.3 Å². The van der Waals surface area contributed by atoms with Crippen molar-refractivity contribution in [1.29, 1.82) is 0 Å². The molecule has 2 N–H and O–H groups in total. The summed E-state index contributed by atoms with van der Waals surface area (Å²) in [6.45, 7) is 1.85. The average molecular weight is 416 g/mol. The molecular formula is C20H18BrNO2S. The van der Waals surface area contributed by atoms with Crippen molar-refractivity contribution in [2.75, 3.05) is 6.54 Å². The Kier molecular flexibility index (Phi) is 5.37. The van der Waals surface area contributed by atoms with Crippen LogP contribution in [0.3, 0.4) is 0 Å². The summed E-state index contributed by atoms with van der Waals surface area (Å²) in [7, 11) is 0.